The molecule has 0 aliphatic carbocycles. The van der Waals surface area contributed by atoms with Crippen LogP contribution in [0, 0.1) is 5.92 Å². The maximum Gasteiger partial charge on any atom is 0.158 e. The van der Waals surface area contributed by atoms with E-state index in [9.17, 15) is 0 Å². The van der Waals surface area contributed by atoms with E-state index in [1.54, 1.807) is 6.33 Å². The molecule has 1 fully saturated rings. The average molecular weight is 211 g/mol. The first-order chi connectivity index (χ1) is 7.35. The number of rotatable bonds is 4. The molecular weight excluding hydrogens is 194 g/mol. The van der Waals surface area contributed by atoms with E-state index in [2.05, 4.69) is 17.1 Å². The van der Waals surface area contributed by atoms with Gasteiger partial charge in [0.25, 0.3) is 0 Å². The molecule has 15 heavy (non-hydrogen) atoms. The fraction of sp³-hybridized carbons (Fsp3) is 0.800. The molecule has 1 aliphatic rings. The summed E-state index contributed by atoms with van der Waals surface area (Å²) in [5.74, 6) is 1.16. The van der Waals surface area contributed by atoms with Crippen molar-refractivity contribution >= 4 is 0 Å². The quantitative estimate of drug-likeness (QED) is 0.791. The number of aliphatic hydroxyl groups is 1. The van der Waals surface area contributed by atoms with Gasteiger partial charge in [0.2, 0.25) is 0 Å². The topological polar surface area (TPSA) is 60.2 Å². The zero-order valence-electron chi connectivity index (χ0n) is 8.96. The van der Waals surface area contributed by atoms with Crippen molar-refractivity contribution in [3.8, 4) is 0 Å². The van der Waals surface area contributed by atoms with E-state index in [4.69, 9.17) is 9.84 Å². The Hall–Kier alpha value is -0.940. The molecule has 5 heteroatoms. The minimum Gasteiger partial charge on any atom is -0.388 e. The van der Waals surface area contributed by atoms with Crippen molar-refractivity contribution in [2.24, 2.45) is 5.92 Å². The minimum atomic E-state index is -0.0512. The molecule has 1 N–H and O–H groups in total. The van der Waals surface area contributed by atoms with Gasteiger partial charge in [-0.3, -0.25) is 0 Å². The van der Waals surface area contributed by atoms with Crippen LogP contribution in [0.4, 0.5) is 0 Å². The SMILES string of the molecule is CCC1OCCC1Cn1cnnc1CO. The van der Waals surface area contributed by atoms with E-state index in [0.717, 1.165) is 26.0 Å². The molecule has 84 valence electrons. The van der Waals surface area contributed by atoms with E-state index >= 15 is 0 Å². The third-order valence-electron chi connectivity index (χ3n) is 3.02. The van der Waals surface area contributed by atoms with Crippen molar-refractivity contribution < 1.29 is 9.84 Å². The van der Waals surface area contributed by atoms with Crippen molar-refractivity contribution in [2.75, 3.05) is 6.61 Å². The van der Waals surface area contributed by atoms with Crippen molar-refractivity contribution in [3.05, 3.63) is 12.2 Å². The van der Waals surface area contributed by atoms with Gasteiger partial charge in [0.1, 0.15) is 12.9 Å². The molecule has 5 nitrogen and oxygen atoms in total. The summed E-state index contributed by atoms with van der Waals surface area (Å²) in [6.45, 7) is 3.79. The molecule has 0 radical (unpaired) electrons. The first-order valence-electron chi connectivity index (χ1n) is 5.44. The summed E-state index contributed by atoms with van der Waals surface area (Å²) in [6.07, 6.45) is 4.15. The molecule has 0 spiro atoms. The molecule has 0 amide bonds. The molecule has 2 heterocycles. The lowest BCUT2D eigenvalue weighted by Crippen LogP contribution is -2.21. The van der Waals surface area contributed by atoms with Crippen molar-refractivity contribution in [3.63, 3.8) is 0 Å². The second-order valence-corrected chi connectivity index (χ2v) is 3.92. The number of aromatic nitrogens is 3. The number of ether oxygens (including phenoxy) is 1. The van der Waals surface area contributed by atoms with E-state index in [1.807, 2.05) is 4.57 Å². The summed E-state index contributed by atoms with van der Waals surface area (Å²) < 4.78 is 7.54. The lowest BCUT2D eigenvalue weighted by Gasteiger charge is -2.17. The summed E-state index contributed by atoms with van der Waals surface area (Å²) in [5.41, 5.74) is 0. The Labute approximate surface area is 89.1 Å². The summed E-state index contributed by atoms with van der Waals surface area (Å²) in [7, 11) is 0. The highest BCUT2D eigenvalue weighted by molar-refractivity contribution is 4.85. The molecule has 1 aliphatic heterocycles. The van der Waals surface area contributed by atoms with Crippen LogP contribution in [0.2, 0.25) is 0 Å². The Bertz CT molecular complexity index is 313. The van der Waals surface area contributed by atoms with Gasteiger partial charge >= 0.3 is 0 Å². The van der Waals surface area contributed by atoms with E-state index in [1.165, 1.54) is 0 Å². The molecule has 2 atom stereocenters. The number of hydrogen-bond acceptors (Lipinski definition) is 4. The molecule has 1 saturated heterocycles. The van der Waals surface area contributed by atoms with Crippen LogP contribution in [-0.4, -0.2) is 32.6 Å². The van der Waals surface area contributed by atoms with Gasteiger partial charge < -0.3 is 14.4 Å². The van der Waals surface area contributed by atoms with Gasteiger partial charge in [-0.25, -0.2) is 0 Å². The highest BCUT2D eigenvalue weighted by Gasteiger charge is 2.27. The third kappa shape index (κ3) is 2.18. The van der Waals surface area contributed by atoms with E-state index in [0.29, 0.717) is 17.8 Å². The van der Waals surface area contributed by atoms with Gasteiger partial charge in [-0.05, 0) is 12.8 Å². The van der Waals surface area contributed by atoms with Crippen molar-refractivity contribution in [2.45, 2.75) is 39.0 Å². The summed E-state index contributed by atoms with van der Waals surface area (Å²) in [6, 6.07) is 0. The molecule has 0 aromatic carbocycles. The van der Waals surface area contributed by atoms with Gasteiger partial charge in [-0.1, -0.05) is 6.92 Å². The zero-order valence-corrected chi connectivity index (χ0v) is 8.96. The third-order valence-corrected chi connectivity index (χ3v) is 3.02. The largest absolute Gasteiger partial charge is 0.388 e. The molecule has 2 rings (SSSR count). The first-order valence-corrected chi connectivity index (χ1v) is 5.44. The molecular formula is C10H17N3O2. The second kappa shape index (κ2) is 4.72. The number of hydrogen-bond donors (Lipinski definition) is 1. The summed E-state index contributed by atoms with van der Waals surface area (Å²) in [4.78, 5) is 0. The normalized spacial score (nSPS) is 26.0. The molecule has 0 saturated carbocycles. The Morgan fingerprint density at radius 2 is 2.53 bits per heavy atom. The lowest BCUT2D eigenvalue weighted by molar-refractivity contribution is 0.0829. The monoisotopic (exact) mass is 211 g/mol. The van der Waals surface area contributed by atoms with Crippen molar-refractivity contribution in [1.29, 1.82) is 0 Å². The van der Waals surface area contributed by atoms with Crippen LogP contribution in [-0.2, 0) is 17.9 Å². The van der Waals surface area contributed by atoms with Crippen LogP contribution in [0.5, 0.6) is 0 Å². The molecule has 2 unspecified atom stereocenters. The zero-order chi connectivity index (χ0) is 10.7. The predicted molar refractivity (Wildman–Crippen MR) is 54.1 cm³/mol. The average Bonchev–Trinajstić information content (AvgIpc) is 2.87. The highest BCUT2D eigenvalue weighted by atomic mass is 16.5. The Morgan fingerprint density at radius 3 is 3.27 bits per heavy atom. The highest BCUT2D eigenvalue weighted by Crippen LogP contribution is 2.25. The van der Waals surface area contributed by atoms with Crippen molar-refractivity contribution in [1.82, 2.24) is 14.8 Å². The summed E-state index contributed by atoms with van der Waals surface area (Å²) >= 11 is 0. The molecule has 0 bridgehead atoms. The maximum absolute atomic E-state index is 9.05. The van der Waals surface area contributed by atoms with Gasteiger partial charge in [0.15, 0.2) is 5.82 Å². The number of nitrogens with zero attached hydrogens (tertiary/aromatic N) is 3. The van der Waals surface area contributed by atoms with Crippen LogP contribution in [0.25, 0.3) is 0 Å². The second-order valence-electron chi connectivity index (χ2n) is 3.92. The van der Waals surface area contributed by atoms with Gasteiger partial charge in [0, 0.05) is 19.1 Å². The predicted octanol–water partition coefficient (Wildman–Crippen LogP) is 0.585. The smallest absolute Gasteiger partial charge is 0.158 e. The van der Waals surface area contributed by atoms with E-state index < -0.39 is 0 Å². The van der Waals surface area contributed by atoms with Gasteiger partial charge in [-0.2, -0.15) is 0 Å². The fourth-order valence-corrected chi connectivity index (χ4v) is 2.16. The van der Waals surface area contributed by atoms with Crippen LogP contribution < -0.4 is 0 Å². The van der Waals surface area contributed by atoms with Crippen LogP contribution >= 0.6 is 0 Å². The lowest BCUT2D eigenvalue weighted by atomic mass is 9.99. The Kier molecular flexibility index (Phi) is 3.33. The first kappa shape index (κ1) is 10.6. The number of aliphatic hydroxyl groups excluding tert-OH is 1. The fourth-order valence-electron chi connectivity index (χ4n) is 2.16. The van der Waals surface area contributed by atoms with Gasteiger partial charge in [0.05, 0.1) is 6.10 Å². The molecule has 1 aromatic rings. The van der Waals surface area contributed by atoms with Crippen LogP contribution in [0.15, 0.2) is 6.33 Å². The maximum atomic E-state index is 9.05. The molecule has 1 aromatic heterocycles. The Morgan fingerprint density at radius 1 is 1.67 bits per heavy atom. The van der Waals surface area contributed by atoms with Gasteiger partial charge in [-0.15, -0.1) is 10.2 Å². The standard InChI is InChI=1S/C10H17N3O2/c1-2-9-8(3-4-15-9)5-13-7-11-12-10(13)6-14/h7-9,14H,2-6H2,1H3. The Balaban J connectivity index is 2.01. The van der Waals surface area contributed by atoms with E-state index in [-0.39, 0.29) is 6.61 Å². The minimum absolute atomic E-state index is 0.0512. The summed E-state index contributed by atoms with van der Waals surface area (Å²) in [5, 5.41) is 16.7. The van der Waals surface area contributed by atoms with Crippen LogP contribution in [0.3, 0.4) is 0 Å². The van der Waals surface area contributed by atoms with Crippen LogP contribution in [0.1, 0.15) is 25.6 Å².